The van der Waals surface area contributed by atoms with Gasteiger partial charge in [0.1, 0.15) is 0 Å². The SMILES string of the molecule is CCCCn1c(C)c(CCN2CCCC2)c2c(C(=O)O)cccc21. The van der Waals surface area contributed by atoms with Crippen LogP contribution in [0, 0.1) is 6.92 Å². The normalized spacial score (nSPS) is 15.4. The molecule has 0 aliphatic carbocycles. The molecule has 130 valence electrons. The number of benzene rings is 1. The zero-order valence-corrected chi connectivity index (χ0v) is 14.8. The Morgan fingerprint density at radius 3 is 2.62 bits per heavy atom. The number of rotatable bonds is 7. The predicted octanol–water partition coefficient (Wildman–Crippen LogP) is 4.09. The minimum Gasteiger partial charge on any atom is -0.478 e. The third-order valence-electron chi connectivity index (χ3n) is 5.32. The third kappa shape index (κ3) is 3.20. The minimum atomic E-state index is -0.823. The third-order valence-corrected chi connectivity index (χ3v) is 5.32. The van der Waals surface area contributed by atoms with E-state index in [0.717, 1.165) is 43.3 Å². The van der Waals surface area contributed by atoms with Gasteiger partial charge in [-0.05, 0) is 63.4 Å². The first-order valence-corrected chi connectivity index (χ1v) is 9.19. The van der Waals surface area contributed by atoms with Gasteiger partial charge in [-0.1, -0.05) is 19.4 Å². The van der Waals surface area contributed by atoms with Crippen LogP contribution in [0.25, 0.3) is 10.9 Å². The van der Waals surface area contributed by atoms with Gasteiger partial charge in [-0.2, -0.15) is 0 Å². The molecule has 0 radical (unpaired) electrons. The second kappa shape index (κ2) is 7.39. The molecule has 4 heteroatoms. The van der Waals surface area contributed by atoms with Gasteiger partial charge in [0.25, 0.3) is 0 Å². The zero-order valence-electron chi connectivity index (χ0n) is 14.8. The molecule has 1 aliphatic rings. The lowest BCUT2D eigenvalue weighted by Crippen LogP contribution is -2.22. The van der Waals surface area contributed by atoms with E-state index in [0.29, 0.717) is 5.56 Å². The van der Waals surface area contributed by atoms with E-state index in [9.17, 15) is 9.90 Å². The summed E-state index contributed by atoms with van der Waals surface area (Å²) in [6.07, 6.45) is 5.77. The number of fused-ring (bicyclic) bond motifs is 1. The van der Waals surface area contributed by atoms with Gasteiger partial charge in [0, 0.05) is 29.7 Å². The van der Waals surface area contributed by atoms with Gasteiger partial charge >= 0.3 is 5.97 Å². The van der Waals surface area contributed by atoms with Crippen LogP contribution in [-0.2, 0) is 13.0 Å². The molecule has 1 aliphatic heterocycles. The average molecular weight is 328 g/mol. The lowest BCUT2D eigenvalue weighted by molar-refractivity contribution is 0.0699. The van der Waals surface area contributed by atoms with E-state index in [1.165, 1.54) is 37.2 Å². The minimum absolute atomic E-state index is 0.447. The van der Waals surface area contributed by atoms with Gasteiger partial charge in [0.05, 0.1) is 5.56 Å². The summed E-state index contributed by atoms with van der Waals surface area (Å²) in [7, 11) is 0. The highest BCUT2D eigenvalue weighted by atomic mass is 16.4. The topological polar surface area (TPSA) is 45.5 Å². The van der Waals surface area contributed by atoms with Crippen LogP contribution in [0.2, 0.25) is 0 Å². The Labute approximate surface area is 144 Å². The van der Waals surface area contributed by atoms with Crippen molar-refractivity contribution in [2.75, 3.05) is 19.6 Å². The molecule has 0 amide bonds. The number of likely N-dealkylation sites (tertiary alicyclic amines) is 1. The summed E-state index contributed by atoms with van der Waals surface area (Å²) in [6.45, 7) is 8.70. The van der Waals surface area contributed by atoms with E-state index < -0.39 is 5.97 Å². The zero-order chi connectivity index (χ0) is 17.1. The smallest absolute Gasteiger partial charge is 0.336 e. The van der Waals surface area contributed by atoms with Gasteiger partial charge in [0.2, 0.25) is 0 Å². The van der Waals surface area contributed by atoms with Crippen molar-refractivity contribution in [1.82, 2.24) is 9.47 Å². The molecule has 0 saturated carbocycles. The molecule has 1 saturated heterocycles. The van der Waals surface area contributed by atoms with E-state index in [1.807, 2.05) is 6.07 Å². The maximum absolute atomic E-state index is 11.7. The van der Waals surface area contributed by atoms with Crippen LogP contribution in [0.1, 0.15) is 54.2 Å². The molecule has 4 nitrogen and oxygen atoms in total. The van der Waals surface area contributed by atoms with Crippen molar-refractivity contribution in [2.24, 2.45) is 0 Å². The van der Waals surface area contributed by atoms with Crippen LogP contribution in [0.4, 0.5) is 0 Å². The summed E-state index contributed by atoms with van der Waals surface area (Å²) in [5, 5.41) is 10.6. The first-order valence-electron chi connectivity index (χ1n) is 9.19. The van der Waals surface area contributed by atoms with Gasteiger partial charge < -0.3 is 14.6 Å². The molecule has 24 heavy (non-hydrogen) atoms. The fourth-order valence-corrected chi connectivity index (χ4v) is 3.97. The largest absolute Gasteiger partial charge is 0.478 e. The van der Waals surface area contributed by atoms with Gasteiger partial charge in [-0.25, -0.2) is 4.79 Å². The second-order valence-corrected chi connectivity index (χ2v) is 6.87. The Hall–Kier alpha value is -1.81. The van der Waals surface area contributed by atoms with E-state index >= 15 is 0 Å². The lowest BCUT2D eigenvalue weighted by atomic mass is 10.0. The van der Waals surface area contributed by atoms with Crippen molar-refractivity contribution in [3.8, 4) is 0 Å². The van der Waals surface area contributed by atoms with Crippen molar-refractivity contribution < 1.29 is 9.90 Å². The highest BCUT2D eigenvalue weighted by molar-refractivity contribution is 6.05. The first kappa shape index (κ1) is 17.0. The van der Waals surface area contributed by atoms with E-state index in [2.05, 4.69) is 29.4 Å². The van der Waals surface area contributed by atoms with Crippen molar-refractivity contribution in [3.63, 3.8) is 0 Å². The van der Waals surface area contributed by atoms with Crippen molar-refractivity contribution in [3.05, 3.63) is 35.0 Å². The molecule has 2 heterocycles. The number of aromatic carboxylic acids is 1. The molecule has 0 unspecified atom stereocenters. The molecule has 1 fully saturated rings. The van der Waals surface area contributed by atoms with Crippen LogP contribution < -0.4 is 0 Å². The number of carboxylic acids is 1. The Kier molecular flexibility index (Phi) is 5.24. The number of aryl methyl sites for hydroxylation is 1. The van der Waals surface area contributed by atoms with Crippen LogP contribution >= 0.6 is 0 Å². The number of aromatic nitrogens is 1. The van der Waals surface area contributed by atoms with E-state index in [-0.39, 0.29) is 0 Å². The summed E-state index contributed by atoms with van der Waals surface area (Å²) in [5.74, 6) is -0.823. The van der Waals surface area contributed by atoms with E-state index in [4.69, 9.17) is 0 Å². The fourth-order valence-electron chi connectivity index (χ4n) is 3.97. The molecular formula is C20H28N2O2. The standard InChI is InChI=1S/C20H28N2O2/c1-3-4-13-22-15(2)16(10-14-21-11-5-6-12-21)19-17(20(23)24)8-7-9-18(19)22/h7-9H,3-6,10-14H2,1-2H3,(H,23,24). The summed E-state index contributed by atoms with van der Waals surface area (Å²) in [6, 6.07) is 5.69. The summed E-state index contributed by atoms with van der Waals surface area (Å²) >= 11 is 0. The van der Waals surface area contributed by atoms with Gasteiger partial charge in [-0.15, -0.1) is 0 Å². The Morgan fingerprint density at radius 1 is 1.21 bits per heavy atom. The highest BCUT2D eigenvalue weighted by Crippen LogP contribution is 2.30. The summed E-state index contributed by atoms with van der Waals surface area (Å²) in [5.41, 5.74) is 4.00. The molecule has 3 rings (SSSR count). The monoisotopic (exact) mass is 328 g/mol. The highest BCUT2D eigenvalue weighted by Gasteiger charge is 2.20. The fraction of sp³-hybridized carbons (Fsp3) is 0.550. The molecule has 0 spiro atoms. The Balaban J connectivity index is 2.03. The quantitative estimate of drug-likeness (QED) is 0.833. The molecule has 1 aromatic heterocycles. The number of carbonyl (C=O) groups is 1. The summed E-state index contributed by atoms with van der Waals surface area (Å²) in [4.78, 5) is 14.2. The number of carboxylic acid groups (broad SMARTS) is 1. The van der Waals surface area contributed by atoms with Gasteiger partial charge in [0.15, 0.2) is 0 Å². The van der Waals surface area contributed by atoms with Gasteiger partial charge in [-0.3, -0.25) is 0 Å². The lowest BCUT2D eigenvalue weighted by Gasteiger charge is -2.15. The average Bonchev–Trinajstić information content (AvgIpc) is 3.17. The van der Waals surface area contributed by atoms with Crippen LogP contribution in [0.5, 0.6) is 0 Å². The molecule has 2 aromatic rings. The summed E-state index contributed by atoms with van der Waals surface area (Å²) < 4.78 is 2.32. The molecule has 0 bridgehead atoms. The maximum atomic E-state index is 11.7. The van der Waals surface area contributed by atoms with Crippen LogP contribution in [0.3, 0.4) is 0 Å². The number of nitrogens with zero attached hydrogens (tertiary/aromatic N) is 2. The van der Waals surface area contributed by atoms with Crippen molar-refractivity contribution >= 4 is 16.9 Å². The molecular weight excluding hydrogens is 300 g/mol. The molecule has 0 atom stereocenters. The van der Waals surface area contributed by atoms with Crippen molar-refractivity contribution in [1.29, 1.82) is 0 Å². The van der Waals surface area contributed by atoms with Crippen LogP contribution in [-0.4, -0.2) is 40.2 Å². The second-order valence-electron chi connectivity index (χ2n) is 6.87. The predicted molar refractivity (Wildman–Crippen MR) is 97.9 cm³/mol. The molecule has 1 N–H and O–H groups in total. The van der Waals surface area contributed by atoms with Crippen LogP contribution in [0.15, 0.2) is 18.2 Å². The first-order chi connectivity index (χ1) is 11.6. The number of hydrogen-bond donors (Lipinski definition) is 1. The number of unbranched alkanes of at least 4 members (excludes halogenated alkanes) is 1. The maximum Gasteiger partial charge on any atom is 0.336 e. The Morgan fingerprint density at radius 2 is 1.96 bits per heavy atom. The Bertz CT molecular complexity index is 727. The number of hydrogen-bond acceptors (Lipinski definition) is 2. The molecule has 1 aromatic carbocycles. The van der Waals surface area contributed by atoms with E-state index in [1.54, 1.807) is 6.07 Å². The van der Waals surface area contributed by atoms with Crippen molar-refractivity contribution in [2.45, 2.75) is 52.5 Å².